The number of hydrogen-bond acceptors (Lipinski definition) is 5. The molecule has 0 heterocycles. The molecule has 0 radical (unpaired) electrons. The fourth-order valence-electron chi connectivity index (χ4n) is 1.76. The summed E-state index contributed by atoms with van der Waals surface area (Å²) in [6.45, 7) is 0. The molecule has 0 unspecified atom stereocenters. The Morgan fingerprint density at radius 2 is 1.62 bits per heavy atom. The number of nitro groups is 2. The molecule has 7 nitrogen and oxygen atoms in total. The lowest BCUT2D eigenvalue weighted by atomic mass is 10.0. The second-order valence-electron chi connectivity index (χ2n) is 4.16. The van der Waals surface area contributed by atoms with E-state index in [4.69, 9.17) is 4.74 Å². The molecule has 0 amide bonds. The fourth-order valence-corrected chi connectivity index (χ4v) is 3.06. The number of allylic oxidation sites excluding steroid dienone is 1. The molecule has 1 aromatic rings. The average molecular weight is 420 g/mol. The highest BCUT2D eigenvalue weighted by Crippen LogP contribution is 2.46. The van der Waals surface area contributed by atoms with Gasteiger partial charge in [-0.15, -0.1) is 0 Å². The highest BCUT2D eigenvalue weighted by molar-refractivity contribution is 9.25. The Kier molecular flexibility index (Phi) is 4.15. The molecule has 0 saturated heterocycles. The maximum atomic E-state index is 11.2. The van der Waals surface area contributed by atoms with Crippen molar-refractivity contribution in [3.8, 4) is 5.75 Å². The van der Waals surface area contributed by atoms with E-state index in [1.165, 1.54) is 12.2 Å². The molecule has 0 spiro atoms. The quantitative estimate of drug-likeness (QED) is 0.323. The van der Waals surface area contributed by atoms with E-state index in [9.17, 15) is 20.2 Å². The van der Waals surface area contributed by atoms with E-state index in [0.29, 0.717) is 5.75 Å². The summed E-state index contributed by atoms with van der Waals surface area (Å²) >= 11 is 5.99. The van der Waals surface area contributed by atoms with Gasteiger partial charge in [-0.05, 0) is 18.2 Å². The summed E-state index contributed by atoms with van der Waals surface area (Å²) in [6, 6.07) is 8.72. The summed E-state index contributed by atoms with van der Waals surface area (Å²) in [5, 5.41) is 22.4. The zero-order valence-corrected chi connectivity index (χ0v) is 13.5. The van der Waals surface area contributed by atoms with Crippen LogP contribution in [0.4, 0.5) is 0 Å². The molecule has 0 bridgehead atoms. The summed E-state index contributed by atoms with van der Waals surface area (Å²) < 4.78 is 3.80. The van der Waals surface area contributed by atoms with Gasteiger partial charge in [0.1, 0.15) is 21.4 Å². The summed E-state index contributed by atoms with van der Waals surface area (Å²) in [7, 11) is 0. The highest BCUT2D eigenvalue weighted by Gasteiger charge is 2.69. The van der Waals surface area contributed by atoms with Crippen LogP contribution in [0.1, 0.15) is 0 Å². The van der Waals surface area contributed by atoms with Crippen LogP contribution in [0.3, 0.4) is 0 Å². The maximum absolute atomic E-state index is 11.2. The number of benzene rings is 1. The van der Waals surface area contributed by atoms with Crippen molar-refractivity contribution in [3.63, 3.8) is 0 Å². The smallest absolute Gasteiger partial charge is 0.458 e. The standard InChI is InChI=1S/C12H8Br2N2O5/c13-11(14)8-10(21-9-4-2-1-3-5-9)6-7-12(11,15(17)18)16(19)20/h1-8H. The molecule has 1 aromatic carbocycles. The average Bonchev–Trinajstić information content (AvgIpc) is 2.38. The molecule has 0 atom stereocenters. The molecule has 0 N–H and O–H groups in total. The molecule has 2 rings (SSSR count). The largest absolute Gasteiger partial charge is 0.505 e. The van der Waals surface area contributed by atoms with Crippen molar-refractivity contribution < 1.29 is 14.6 Å². The highest BCUT2D eigenvalue weighted by atomic mass is 79.9. The van der Waals surface area contributed by atoms with Gasteiger partial charge < -0.3 is 4.74 Å². The molecule has 1 aliphatic rings. The minimum atomic E-state index is -2.56. The number of ether oxygens (including phenoxy) is 1. The Balaban J connectivity index is 2.37. The van der Waals surface area contributed by atoms with Crippen LogP contribution in [0.15, 0.2) is 54.3 Å². The maximum Gasteiger partial charge on any atom is 0.505 e. The van der Waals surface area contributed by atoms with Crippen molar-refractivity contribution in [1.29, 1.82) is 0 Å². The summed E-state index contributed by atoms with van der Waals surface area (Å²) in [6.07, 6.45) is 3.33. The lowest BCUT2D eigenvalue weighted by Crippen LogP contribution is -2.57. The minimum Gasteiger partial charge on any atom is -0.458 e. The minimum absolute atomic E-state index is 0.245. The van der Waals surface area contributed by atoms with E-state index in [0.717, 1.165) is 6.08 Å². The van der Waals surface area contributed by atoms with Gasteiger partial charge in [0, 0.05) is 6.08 Å². The first-order valence-corrected chi connectivity index (χ1v) is 7.20. The number of nitrogens with zero attached hydrogens (tertiary/aromatic N) is 2. The Labute approximate surface area is 135 Å². The van der Waals surface area contributed by atoms with E-state index in [1.54, 1.807) is 24.3 Å². The molecular weight excluding hydrogens is 412 g/mol. The van der Waals surface area contributed by atoms with Crippen molar-refractivity contribution in [2.45, 2.75) is 8.90 Å². The molecule has 21 heavy (non-hydrogen) atoms. The zero-order chi connectivity index (χ0) is 15.7. The monoisotopic (exact) mass is 418 g/mol. The van der Waals surface area contributed by atoms with Gasteiger partial charge in [-0.1, -0.05) is 50.1 Å². The van der Waals surface area contributed by atoms with Gasteiger partial charge in [0.15, 0.2) is 0 Å². The van der Waals surface area contributed by atoms with Crippen molar-refractivity contribution in [2.75, 3.05) is 0 Å². The molecule has 0 fully saturated rings. The molecule has 1 aliphatic carbocycles. The van der Waals surface area contributed by atoms with E-state index < -0.39 is 18.7 Å². The number of para-hydroxylation sites is 1. The Hall–Kier alpha value is -1.74. The third-order valence-corrected chi connectivity index (χ3v) is 4.45. The van der Waals surface area contributed by atoms with E-state index in [2.05, 4.69) is 31.9 Å². The second kappa shape index (κ2) is 5.57. The van der Waals surface area contributed by atoms with Crippen molar-refractivity contribution in [1.82, 2.24) is 0 Å². The van der Waals surface area contributed by atoms with Crippen LogP contribution in [0.25, 0.3) is 0 Å². The summed E-state index contributed by atoms with van der Waals surface area (Å²) in [5.41, 5.74) is -2.56. The van der Waals surface area contributed by atoms with Crippen molar-refractivity contribution in [3.05, 3.63) is 74.5 Å². The van der Waals surface area contributed by atoms with Gasteiger partial charge in [0.2, 0.25) is 3.23 Å². The predicted octanol–water partition coefficient (Wildman–Crippen LogP) is 3.25. The van der Waals surface area contributed by atoms with Gasteiger partial charge in [-0.25, -0.2) is 0 Å². The molecular formula is C12H8Br2N2O5. The predicted molar refractivity (Wildman–Crippen MR) is 81.6 cm³/mol. The third kappa shape index (κ3) is 2.70. The summed E-state index contributed by atoms with van der Waals surface area (Å²) in [5.74, 6) is 0.758. The van der Waals surface area contributed by atoms with E-state index in [1.807, 2.05) is 6.07 Å². The van der Waals surface area contributed by atoms with Crippen LogP contribution in [-0.2, 0) is 0 Å². The Bertz CT molecular complexity index is 628. The topological polar surface area (TPSA) is 95.5 Å². The Morgan fingerprint density at radius 1 is 1.05 bits per heavy atom. The van der Waals surface area contributed by atoms with Gasteiger partial charge in [0.05, 0.1) is 6.08 Å². The Morgan fingerprint density at radius 3 is 2.10 bits per heavy atom. The van der Waals surface area contributed by atoms with Gasteiger partial charge >= 0.3 is 5.66 Å². The lowest BCUT2D eigenvalue weighted by molar-refractivity contribution is -0.780. The van der Waals surface area contributed by atoms with Gasteiger partial charge in [-0.3, -0.25) is 20.2 Å². The van der Waals surface area contributed by atoms with Crippen LogP contribution < -0.4 is 4.74 Å². The molecule has 9 heteroatoms. The van der Waals surface area contributed by atoms with Gasteiger partial charge in [-0.2, -0.15) is 0 Å². The van der Waals surface area contributed by atoms with Crippen LogP contribution in [0.2, 0.25) is 0 Å². The first kappa shape index (κ1) is 15.6. The van der Waals surface area contributed by atoms with E-state index in [-0.39, 0.29) is 5.76 Å². The number of alkyl halides is 2. The van der Waals surface area contributed by atoms with Crippen LogP contribution in [0, 0.1) is 20.2 Å². The van der Waals surface area contributed by atoms with Crippen LogP contribution in [-0.4, -0.2) is 18.7 Å². The number of rotatable bonds is 4. The second-order valence-corrected chi connectivity index (χ2v) is 7.72. The molecule has 0 aromatic heterocycles. The molecule has 0 aliphatic heterocycles. The summed E-state index contributed by atoms with van der Waals surface area (Å²) in [4.78, 5) is 20.4. The zero-order valence-electron chi connectivity index (χ0n) is 10.3. The van der Waals surface area contributed by atoms with Crippen LogP contribution in [0.5, 0.6) is 5.75 Å². The lowest BCUT2D eigenvalue weighted by Gasteiger charge is -2.27. The number of hydrogen-bond donors (Lipinski definition) is 0. The third-order valence-electron chi connectivity index (χ3n) is 2.83. The van der Waals surface area contributed by atoms with Crippen molar-refractivity contribution in [2.24, 2.45) is 0 Å². The number of halogens is 2. The van der Waals surface area contributed by atoms with E-state index >= 15 is 0 Å². The van der Waals surface area contributed by atoms with Crippen LogP contribution >= 0.6 is 31.9 Å². The van der Waals surface area contributed by atoms with Crippen molar-refractivity contribution >= 4 is 31.9 Å². The molecule has 110 valence electrons. The SMILES string of the molecule is O=[N+]([O-])C1([N+](=O)[O-])C=CC(Oc2ccccc2)=CC1(Br)Br. The normalized spacial score (nSPS) is 18.7. The molecule has 0 saturated carbocycles. The van der Waals surface area contributed by atoms with Gasteiger partial charge in [0.25, 0.3) is 0 Å². The first-order chi connectivity index (χ1) is 9.79. The fraction of sp³-hybridized carbons (Fsp3) is 0.167. The first-order valence-electron chi connectivity index (χ1n) is 5.61.